The Balaban J connectivity index is 1.97. The van der Waals surface area contributed by atoms with E-state index in [1.54, 1.807) is 13.8 Å². The van der Waals surface area contributed by atoms with Crippen LogP contribution in [0, 0.1) is 0 Å². The molecule has 0 saturated carbocycles. The van der Waals surface area contributed by atoms with Gasteiger partial charge in [-0.3, -0.25) is 4.79 Å². The Morgan fingerprint density at radius 1 is 1.44 bits per heavy atom. The molecule has 0 aromatic heterocycles. The number of hydrogen-bond donors (Lipinski definition) is 0. The fourth-order valence-corrected chi connectivity index (χ4v) is 2.02. The molecule has 1 fully saturated rings. The molecule has 1 aromatic carbocycles. The lowest BCUT2D eigenvalue weighted by atomic mass is 10.1. The summed E-state index contributed by atoms with van der Waals surface area (Å²) in [5, 5.41) is 0. The molecular weight excluding hydrogens is 232 g/mol. The Morgan fingerprint density at radius 2 is 2.17 bits per heavy atom. The van der Waals surface area contributed by atoms with Crippen molar-refractivity contribution in [2.75, 3.05) is 13.2 Å². The van der Waals surface area contributed by atoms with Gasteiger partial charge in [0.15, 0.2) is 5.79 Å². The summed E-state index contributed by atoms with van der Waals surface area (Å²) in [6.45, 7) is 4.38. The van der Waals surface area contributed by atoms with Gasteiger partial charge >= 0.3 is 5.97 Å². The van der Waals surface area contributed by atoms with Crippen LogP contribution in [0.2, 0.25) is 0 Å². The summed E-state index contributed by atoms with van der Waals surface area (Å²) in [6.07, 6.45) is -0.00454. The topological polar surface area (TPSA) is 44.8 Å². The summed E-state index contributed by atoms with van der Waals surface area (Å²) in [5.41, 5.74) is 1.06. The lowest BCUT2D eigenvalue weighted by molar-refractivity contribution is -0.180. The number of ether oxygens (including phenoxy) is 3. The van der Waals surface area contributed by atoms with Crippen LogP contribution in [0.25, 0.3) is 0 Å². The molecule has 0 N–H and O–H groups in total. The molecule has 0 radical (unpaired) electrons. The van der Waals surface area contributed by atoms with Crippen LogP contribution >= 0.6 is 0 Å². The van der Waals surface area contributed by atoms with E-state index in [2.05, 4.69) is 0 Å². The van der Waals surface area contributed by atoms with Gasteiger partial charge in [-0.25, -0.2) is 0 Å². The van der Waals surface area contributed by atoms with Gasteiger partial charge in [-0.2, -0.15) is 0 Å². The molecule has 0 amide bonds. The molecule has 1 aliphatic heterocycles. The van der Waals surface area contributed by atoms with E-state index in [0.717, 1.165) is 5.56 Å². The van der Waals surface area contributed by atoms with Gasteiger partial charge in [0.05, 0.1) is 19.6 Å². The maximum absolute atomic E-state index is 11.5. The lowest BCUT2D eigenvalue weighted by Crippen LogP contribution is -2.30. The van der Waals surface area contributed by atoms with Gasteiger partial charge in [-0.15, -0.1) is 0 Å². The number of hydrogen-bond acceptors (Lipinski definition) is 4. The highest BCUT2D eigenvalue weighted by Crippen LogP contribution is 2.35. The fraction of sp³-hybridized carbons (Fsp3) is 0.500. The van der Waals surface area contributed by atoms with E-state index in [0.29, 0.717) is 13.2 Å². The fourth-order valence-electron chi connectivity index (χ4n) is 2.02. The highest BCUT2D eigenvalue weighted by molar-refractivity contribution is 5.70. The Bertz CT molecular complexity index is 404. The molecule has 4 nitrogen and oxygen atoms in total. The summed E-state index contributed by atoms with van der Waals surface area (Å²) >= 11 is 0. The van der Waals surface area contributed by atoms with E-state index in [-0.39, 0.29) is 18.5 Å². The summed E-state index contributed by atoms with van der Waals surface area (Å²) in [7, 11) is 0. The molecule has 0 unspecified atom stereocenters. The number of carbonyl (C=O) groups is 1. The summed E-state index contributed by atoms with van der Waals surface area (Å²) in [5.74, 6) is -1.18. The SMILES string of the molecule is CCOC(=O)C[C@]1(C)OC[C@@H](c2ccccc2)O1. The van der Waals surface area contributed by atoms with Gasteiger partial charge in [0.25, 0.3) is 0 Å². The van der Waals surface area contributed by atoms with Crippen molar-refractivity contribution in [1.82, 2.24) is 0 Å². The highest BCUT2D eigenvalue weighted by atomic mass is 16.7. The molecule has 98 valence electrons. The third-order valence-electron chi connectivity index (χ3n) is 2.87. The average Bonchev–Trinajstić information content (AvgIpc) is 2.73. The van der Waals surface area contributed by atoms with Gasteiger partial charge in [0.1, 0.15) is 6.10 Å². The van der Waals surface area contributed by atoms with Crippen molar-refractivity contribution < 1.29 is 19.0 Å². The lowest BCUT2D eigenvalue weighted by Gasteiger charge is -2.22. The Kier molecular flexibility index (Phi) is 3.99. The Morgan fingerprint density at radius 3 is 2.83 bits per heavy atom. The van der Waals surface area contributed by atoms with Gasteiger partial charge in [-0.05, 0) is 19.4 Å². The normalized spacial score (nSPS) is 27.1. The zero-order valence-corrected chi connectivity index (χ0v) is 10.7. The maximum atomic E-state index is 11.5. The quantitative estimate of drug-likeness (QED) is 0.770. The van der Waals surface area contributed by atoms with Crippen molar-refractivity contribution in [1.29, 1.82) is 0 Å². The highest BCUT2D eigenvalue weighted by Gasteiger charge is 2.40. The summed E-state index contributed by atoms with van der Waals surface area (Å²) in [4.78, 5) is 11.5. The van der Waals surface area contributed by atoms with Crippen LogP contribution in [0.1, 0.15) is 31.9 Å². The predicted octanol–water partition coefficient (Wildman–Crippen LogP) is 2.44. The summed E-state index contributed by atoms with van der Waals surface area (Å²) < 4.78 is 16.3. The third-order valence-corrected chi connectivity index (χ3v) is 2.87. The van der Waals surface area contributed by atoms with Crippen LogP contribution in [0.4, 0.5) is 0 Å². The first-order valence-electron chi connectivity index (χ1n) is 6.15. The van der Waals surface area contributed by atoms with E-state index in [1.165, 1.54) is 0 Å². The van der Waals surface area contributed by atoms with Crippen molar-refractivity contribution in [3.8, 4) is 0 Å². The van der Waals surface area contributed by atoms with Crippen LogP contribution < -0.4 is 0 Å². The third kappa shape index (κ3) is 3.09. The van der Waals surface area contributed by atoms with E-state index in [4.69, 9.17) is 14.2 Å². The zero-order valence-electron chi connectivity index (χ0n) is 10.7. The Hall–Kier alpha value is -1.39. The minimum Gasteiger partial charge on any atom is -0.466 e. The molecular formula is C14H18O4. The molecule has 4 heteroatoms. The second-order valence-corrected chi connectivity index (χ2v) is 4.44. The molecule has 1 heterocycles. The summed E-state index contributed by atoms with van der Waals surface area (Å²) in [6, 6.07) is 9.85. The van der Waals surface area contributed by atoms with Crippen LogP contribution in [0.5, 0.6) is 0 Å². The number of benzene rings is 1. The van der Waals surface area contributed by atoms with E-state index >= 15 is 0 Å². The first kappa shape index (κ1) is 13.1. The van der Waals surface area contributed by atoms with E-state index < -0.39 is 5.79 Å². The zero-order chi connectivity index (χ0) is 13.0. The molecule has 1 aromatic rings. The van der Waals surface area contributed by atoms with E-state index in [9.17, 15) is 4.79 Å². The van der Waals surface area contributed by atoms with Crippen LogP contribution in [-0.2, 0) is 19.0 Å². The molecule has 0 aliphatic carbocycles. The van der Waals surface area contributed by atoms with E-state index in [1.807, 2.05) is 30.3 Å². The van der Waals surface area contributed by atoms with Gasteiger partial charge < -0.3 is 14.2 Å². The van der Waals surface area contributed by atoms with Gasteiger partial charge in [-0.1, -0.05) is 30.3 Å². The maximum Gasteiger partial charge on any atom is 0.311 e. The molecule has 2 rings (SSSR count). The second-order valence-electron chi connectivity index (χ2n) is 4.44. The molecule has 18 heavy (non-hydrogen) atoms. The number of carbonyl (C=O) groups excluding carboxylic acids is 1. The average molecular weight is 250 g/mol. The molecule has 0 bridgehead atoms. The first-order valence-corrected chi connectivity index (χ1v) is 6.15. The van der Waals surface area contributed by atoms with Crippen molar-refractivity contribution in [3.63, 3.8) is 0 Å². The van der Waals surface area contributed by atoms with Gasteiger partial charge in [0.2, 0.25) is 0 Å². The van der Waals surface area contributed by atoms with Crippen molar-refractivity contribution >= 4 is 5.97 Å². The largest absolute Gasteiger partial charge is 0.466 e. The smallest absolute Gasteiger partial charge is 0.311 e. The number of rotatable bonds is 4. The molecule has 2 atom stereocenters. The van der Waals surface area contributed by atoms with Crippen LogP contribution in [-0.4, -0.2) is 25.0 Å². The second kappa shape index (κ2) is 5.50. The molecule has 1 aliphatic rings. The predicted molar refractivity (Wildman–Crippen MR) is 65.9 cm³/mol. The standard InChI is InChI=1S/C14H18O4/c1-3-16-13(15)9-14(2)17-10-12(18-14)11-7-5-4-6-8-11/h4-8,12H,3,9-10H2,1-2H3/t12-,14+/m0/s1. The number of esters is 1. The minimum atomic E-state index is -0.882. The van der Waals surface area contributed by atoms with Crippen molar-refractivity contribution in [2.45, 2.75) is 32.2 Å². The molecule has 0 spiro atoms. The monoisotopic (exact) mass is 250 g/mol. The van der Waals surface area contributed by atoms with Crippen molar-refractivity contribution in [3.05, 3.63) is 35.9 Å². The minimum absolute atomic E-state index is 0.115. The van der Waals surface area contributed by atoms with Crippen molar-refractivity contribution in [2.24, 2.45) is 0 Å². The van der Waals surface area contributed by atoms with Crippen LogP contribution in [0.3, 0.4) is 0 Å². The first-order chi connectivity index (χ1) is 8.63. The van der Waals surface area contributed by atoms with Gasteiger partial charge in [0, 0.05) is 0 Å². The van der Waals surface area contributed by atoms with Crippen LogP contribution in [0.15, 0.2) is 30.3 Å². The Labute approximate surface area is 107 Å². The molecule has 1 saturated heterocycles.